The number of nitrogens with one attached hydrogen (secondary N) is 1. The molecule has 5 heteroatoms. The van der Waals surface area contributed by atoms with Crippen molar-refractivity contribution in [1.29, 1.82) is 0 Å². The Hall–Kier alpha value is -0.490. The standard InChI is InChI=1S/C10H19N3OS/c1-8-7-15-10(12-8)9(6-14)11-4-5-13(2)3/h7,9,11,14H,4-6H2,1-3H3. The molecule has 0 amide bonds. The highest BCUT2D eigenvalue weighted by molar-refractivity contribution is 7.09. The number of aliphatic hydroxyl groups is 1. The summed E-state index contributed by atoms with van der Waals surface area (Å²) >= 11 is 1.59. The van der Waals surface area contributed by atoms with Crippen LogP contribution in [0.2, 0.25) is 0 Å². The van der Waals surface area contributed by atoms with Gasteiger partial charge in [-0.15, -0.1) is 11.3 Å². The van der Waals surface area contributed by atoms with E-state index in [0.29, 0.717) is 0 Å². The number of hydrogen-bond donors (Lipinski definition) is 2. The molecule has 0 saturated carbocycles. The Morgan fingerprint density at radius 2 is 2.33 bits per heavy atom. The lowest BCUT2D eigenvalue weighted by Crippen LogP contribution is -2.31. The fourth-order valence-corrected chi connectivity index (χ4v) is 2.09. The van der Waals surface area contributed by atoms with E-state index in [-0.39, 0.29) is 12.6 Å². The van der Waals surface area contributed by atoms with Gasteiger partial charge in [0, 0.05) is 24.2 Å². The number of likely N-dealkylation sites (N-methyl/N-ethyl adjacent to an activating group) is 1. The van der Waals surface area contributed by atoms with Crippen LogP contribution in [0, 0.1) is 6.92 Å². The Morgan fingerprint density at radius 3 is 2.80 bits per heavy atom. The zero-order valence-electron chi connectivity index (χ0n) is 9.53. The molecule has 0 aliphatic heterocycles. The van der Waals surface area contributed by atoms with Gasteiger partial charge in [0.25, 0.3) is 0 Å². The molecule has 1 atom stereocenters. The molecule has 1 aromatic rings. The van der Waals surface area contributed by atoms with E-state index in [4.69, 9.17) is 0 Å². The monoisotopic (exact) mass is 229 g/mol. The highest BCUT2D eigenvalue weighted by atomic mass is 32.1. The molecule has 15 heavy (non-hydrogen) atoms. The summed E-state index contributed by atoms with van der Waals surface area (Å²) in [7, 11) is 4.06. The Bertz CT molecular complexity index is 288. The molecule has 1 heterocycles. The van der Waals surface area contributed by atoms with Crippen LogP contribution < -0.4 is 5.32 Å². The summed E-state index contributed by atoms with van der Waals surface area (Å²) in [6, 6.07) is -0.0244. The van der Waals surface area contributed by atoms with Crippen LogP contribution in [-0.4, -0.2) is 48.8 Å². The summed E-state index contributed by atoms with van der Waals surface area (Å²) in [4.78, 5) is 6.47. The molecule has 1 unspecified atom stereocenters. The Balaban J connectivity index is 2.42. The molecule has 1 rings (SSSR count). The molecule has 4 nitrogen and oxygen atoms in total. The maximum Gasteiger partial charge on any atom is 0.112 e. The van der Waals surface area contributed by atoms with Crippen LogP contribution >= 0.6 is 11.3 Å². The fraction of sp³-hybridized carbons (Fsp3) is 0.700. The number of thiazole rings is 1. The summed E-state index contributed by atoms with van der Waals surface area (Å²) in [6.07, 6.45) is 0. The fourth-order valence-electron chi connectivity index (χ4n) is 1.22. The zero-order chi connectivity index (χ0) is 11.3. The van der Waals surface area contributed by atoms with Crippen molar-refractivity contribution >= 4 is 11.3 Å². The van der Waals surface area contributed by atoms with Crippen LogP contribution in [0.15, 0.2) is 5.38 Å². The topological polar surface area (TPSA) is 48.4 Å². The highest BCUT2D eigenvalue weighted by Crippen LogP contribution is 2.17. The first kappa shape index (κ1) is 12.6. The molecule has 0 fully saturated rings. The second-order valence-electron chi connectivity index (χ2n) is 3.82. The van der Waals surface area contributed by atoms with Gasteiger partial charge in [-0.2, -0.15) is 0 Å². The number of nitrogens with zero attached hydrogens (tertiary/aromatic N) is 2. The molecule has 0 radical (unpaired) electrons. The van der Waals surface area contributed by atoms with Gasteiger partial charge in [0.1, 0.15) is 5.01 Å². The molecular formula is C10H19N3OS. The van der Waals surface area contributed by atoms with Gasteiger partial charge in [-0.25, -0.2) is 4.98 Å². The minimum absolute atomic E-state index is 0.0244. The molecule has 86 valence electrons. The van der Waals surface area contributed by atoms with Crippen LogP contribution in [0.25, 0.3) is 0 Å². The first-order valence-corrected chi connectivity index (χ1v) is 5.92. The second kappa shape index (κ2) is 6.17. The predicted molar refractivity (Wildman–Crippen MR) is 63.2 cm³/mol. The van der Waals surface area contributed by atoms with E-state index in [0.717, 1.165) is 23.8 Å². The highest BCUT2D eigenvalue weighted by Gasteiger charge is 2.12. The van der Waals surface area contributed by atoms with E-state index in [1.807, 2.05) is 26.4 Å². The van der Waals surface area contributed by atoms with Gasteiger partial charge in [0.05, 0.1) is 12.6 Å². The normalized spacial score (nSPS) is 13.4. The van der Waals surface area contributed by atoms with Crippen molar-refractivity contribution < 1.29 is 5.11 Å². The lowest BCUT2D eigenvalue weighted by Gasteiger charge is -2.15. The van der Waals surface area contributed by atoms with Gasteiger partial charge in [-0.1, -0.05) is 0 Å². The number of aromatic nitrogens is 1. The van der Waals surface area contributed by atoms with Crippen molar-refractivity contribution in [3.05, 3.63) is 16.1 Å². The minimum Gasteiger partial charge on any atom is -0.394 e. The van der Waals surface area contributed by atoms with Crippen LogP contribution in [-0.2, 0) is 0 Å². The SMILES string of the molecule is Cc1csc(C(CO)NCCN(C)C)n1. The van der Waals surface area contributed by atoms with Crippen LogP contribution in [0.3, 0.4) is 0 Å². The molecule has 0 aromatic carbocycles. The Morgan fingerprint density at radius 1 is 1.60 bits per heavy atom. The van der Waals surface area contributed by atoms with Crippen molar-refractivity contribution in [1.82, 2.24) is 15.2 Å². The van der Waals surface area contributed by atoms with E-state index in [9.17, 15) is 5.11 Å². The van der Waals surface area contributed by atoms with Gasteiger partial charge >= 0.3 is 0 Å². The number of aryl methyl sites for hydroxylation is 1. The van der Waals surface area contributed by atoms with Crippen molar-refractivity contribution in [2.75, 3.05) is 33.8 Å². The van der Waals surface area contributed by atoms with Crippen molar-refractivity contribution in [2.45, 2.75) is 13.0 Å². The number of hydrogen-bond acceptors (Lipinski definition) is 5. The van der Waals surface area contributed by atoms with Gasteiger partial charge in [0.2, 0.25) is 0 Å². The molecule has 1 aromatic heterocycles. The summed E-state index contributed by atoms with van der Waals surface area (Å²) in [6.45, 7) is 3.88. The predicted octanol–water partition coefficient (Wildman–Crippen LogP) is 0.636. The maximum absolute atomic E-state index is 9.24. The van der Waals surface area contributed by atoms with Gasteiger partial charge in [-0.05, 0) is 21.0 Å². The zero-order valence-corrected chi connectivity index (χ0v) is 10.3. The molecule has 0 spiro atoms. The lowest BCUT2D eigenvalue weighted by molar-refractivity contribution is 0.240. The van der Waals surface area contributed by atoms with Gasteiger partial charge in [-0.3, -0.25) is 0 Å². The third-order valence-corrected chi connectivity index (χ3v) is 3.14. The third-order valence-electron chi connectivity index (χ3n) is 2.07. The van der Waals surface area contributed by atoms with E-state index >= 15 is 0 Å². The number of rotatable bonds is 6. The number of aliphatic hydroxyl groups excluding tert-OH is 1. The van der Waals surface area contributed by atoms with Crippen LogP contribution in [0.1, 0.15) is 16.7 Å². The van der Waals surface area contributed by atoms with E-state index in [1.54, 1.807) is 11.3 Å². The smallest absolute Gasteiger partial charge is 0.112 e. The Kier molecular flexibility index (Phi) is 5.17. The van der Waals surface area contributed by atoms with Crippen molar-refractivity contribution in [2.24, 2.45) is 0 Å². The molecular weight excluding hydrogens is 210 g/mol. The summed E-state index contributed by atoms with van der Waals surface area (Å²) in [5.41, 5.74) is 1.02. The van der Waals surface area contributed by atoms with Crippen molar-refractivity contribution in [3.8, 4) is 0 Å². The van der Waals surface area contributed by atoms with E-state index < -0.39 is 0 Å². The van der Waals surface area contributed by atoms with Crippen LogP contribution in [0.5, 0.6) is 0 Å². The summed E-state index contributed by atoms with van der Waals surface area (Å²) in [5.74, 6) is 0. The van der Waals surface area contributed by atoms with Gasteiger partial charge < -0.3 is 15.3 Å². The van der Waals surface area contributed by atoms with Crippen LogP contribution in [0.4, 0.5) is 0 Å². The second-order valence-corrected chi connectivity index (χ2v) is 4.71. The first-order chi connectivity index (χ1) is 7.13. The molecule has 0 bridgehead atoms. The molecule has 0 saturated heterocycles. The van der Waals surface area contributed by atoms with E-state index in [2.05, 4.69) is 15.2 Å². The molecule has 0 aliphatic carbocycles. The maximum atomic E-state index is 9.24. The summed E-state index contributed by atoms with van der Waals surface area (Å²) in [5, 5.41) is 15.5. The summed E-state index contributed by atoms with van der Waals surface area (Å²) < 4.78 is 0. The third kappa shape index (κ3) is 4.25. The average molecular weight is 229 g/mol. The first-order valence-electron chi connectivity index (χ1n) is 5.04. The quantitative estimate of drug-likeness (QED) is 0.751. The molecule has 2 N–H and O–H groups in total. The Labute approximate surface area is 94.9 Å². The minimum atomic E-state index is -0.0244. The largest absolute Gasteiger partial charge is 0.394 e. The lowest BCUT2D eigenvalue weighted by atomic mass is 10.3. The van der Waals surface area contributed by atoms with Gasteiger partial charge in [0.15, 0.2) is 0 Å². The molecule has 0 aliphatic rings. The van der Waals surface area contributed by atoms with E-state index in [1.165, 1.54) is 0 Å². The average Bonchev–Trinajstić information content (AvgIpc) is 2.59. The van der Waals surface area contributed by atoms with Crippen molar-refractivity contribution in [3.63, 3.8) is 0 Å².